The van der Waals surface area contributed by atoms with Gasteiger partial charge in [0.25, 0.3) is 0 Å². The lowest BCUT2D eigenvalue weighted by atomic mass is 10.1. The Morgan fingerprint density at radius 2 is 1.47 bits per heavy atom. The third kappa shape index (κ3) is 3.89. The lowest BCUT2D eigenvalue weighted by molar-refractivity contribution is 0.284. The fourth-order valence-electron chi connectivity index (χ4n) is 3.26. The number of ether oxygens (including phenoxy) is 4. The van der Waals surface area contributed by atoms with Crippen molar-refractivity contribution in [3.8, 4) is 34.4 Å². The van der Waals surface area contributed by atoms with Crippen LogP contribution in [0.25, 0.3) is 22.4 Å². The number of imidazole rings is 1. The Morgan fingerprint density at radius 3 is 2.17 bits per heavy atom. The molecule has 6 heteroatoms. The summed E-state index contributed by atoms with van der Waals surface area (Å²) in [7, 11) is 4.86. The van der Waals surface area contributed by atoms with Crippen LogP contribution in [-0.4, -0.2) is 31.3 Å². The Kier molecular flexibility index (Phi) is 5.48. The van der Waals surface area contributed by atoms with Crippen LogP contribution >= 0.6 is 0 Å². The van der Waals surface area contributed by atoms with Gasteiger partial charge in [-0.15, -0.1) is 0 Å². The van der Waals surface area contributed by atoms with E-state index in [1.54, 1.807) is 21.3 Å². The molecule has 3 aromatic carbocycles. The van der Waals surface area contributed by atoms with E-state index >= 15 is 0 Å². The van der Waals surface area contributed by atoms with Crippen LogP contribution in [0.4, 0.5) is 0 Å². The number of aromatic nitrogens is 2. The highest BCUT2D eigenvalue weighted by Gasteiger charge is 2.13. The Bertz CT molecular complexity index is 1130. The molecule has 4 rings (SSSR count). The van der Waals surface area contributed by atoms with Gasteiger partial charge in [-0.05, 0) is 30.7 Å². The van der Waals surface area contributed by atoms with Crippen LogP contribution in [0.15, 0.2) is 54.6 Å². The lowest BCUT2D eigenvalue weighted by Gasteiger charge is -2.12. The van der Waals surface area contributed by atoms with Crippen LogP contribution < -0.4 is 18.9 Å². The fourth-order valence-corrected chi connectivity index (χ4v) is 3.26. The average Bonchev–Trinajstić information content (AvgIpc) is 3.20. The van der Waals surface area contributed by atoms with Gasteiger partial charge in [-0.1, -0.05) is 29.8 Å². The van der Waals surface area contributed by atoms with E-state index in [0.29, 0.717) is 29.6 Å². The van der Waals surface area contributed by atoms with E-state index in [0.717, 1.165) is 28.0 Å². The third-order valence-corrected chi connectivity index (χ3v) is 4.94. The molecule has 1 N–H and O–H groups in total. The highest BCUT2D eigenvalue weighted by Crippen LogP contribution is 2.35. The molecular weight excluding hydrogens is 380 g/mol. The molecule has 154 valence electrons. The van der Waals surface area contributed by atoms with Crippen LogP contribution in [-0.2, 0) is 6.61 Å². The topological polar surface area (TPSA) is 65.6 Å². The maximum absolute atomic E-state index is 6.06. The second-order valence-corrected chi connectivity index (χ2v) is 6.95. The molecule has 0 radical (unpaired) electrons. The maximum Gasteiger partial charge on any atom is 0.163 e. The van der Waals surface area contributed by atoms with Gasteiger partial charge < -0.3 is 23.9 Å². The van der Waals surface area contributed by atoms with E-state index in [4.69, 9.17) is 23.9 Å². The van der Waals surface area contributed by atoms with Gasteiger partial charge in [-0.25, -0.2) is 4.98 Å². The van der Waals surface area contributed by atoms with Crippen LogP contribution in [0.2, 0.25) is 0 Å². The van der Waals surface area contributed by atoms with Crippen molar-refractivity contribution in [2.24, 2.45) is 0 Å². The summed E-state index contributed by atoms with van der Waals surface area (Å²) >= 11 is 0. The minimum atomic E-state index is 0.453. The number of methoxy groups -OCH3 is 3. The zero-order valence-electron chi connectivity index (χ0n) is 17.5. The molecule has 30 heavy (non-hydrogen) atoms. The van der Waals surface area contributed by atoms with Gasteiger partial charge in [0.15, 0.2) is 23.0 Å². The number of hydrogen-bond acceptors (Lipinski definition) is 5. The summed E-state index contributed by atoms with van der Waals surface area (Å²) in [4.78, 5) is 8.04. The first-order valence-corrected chi connectivity index (χ1v) is 9.59. The van der Waals surface area contributed by atoms with Crippen LogP contribution in [0.5, 0.6) is 23.0 Å². The number of H-pyrrole nitrogens is 1. The molecule has 0 aliphatic heterocycles. The number of nitrogens with zero attached hydrogens (tertiary/aromatic N) is 1. The summed E-state index contributed by atoms with van der Waals surface area (Å²) < 4.78 is 22.3. The van der Waals surface area contributed by atoms with Crippen molar-refractivity contribution in [2.45, 2.75) is 13.5 Å². The Balaban J connectivity index is 1.65. The molecule has 0 saturated carbocycles. The highest BCUT2D eigenvalue weighted by atomic mass is 16.5. The van der Waals surface area contributed by atoms with Gasteiger partial charge in [0.1, 0.15) is 12.4 Å². The minimum absolute atomic E-state index is 0.453. The largest absolute Gasteiger partial charge is 0.493 e. The number of hydrogen-bond donors (Lipinski definition) is 1. The second kappa shape index (κ2) is 8.37. The summed E-state index contributed by atoms with van der Waals surface area (Å²) in [5, 5.41) is 0. The van der Waals surface area contributed by atoms with E-state index < -0.39 is 0 Å². The Hall–Kier alpha value is -3.67. The van der Waals surface area contributed by atoms with Crippen molar-refractivity contribution in [2.75, 3.05) is 21.3 Å². The Morgan fingerprint density at radius 1 is 0.767 bits per heavy atom. The quantitative estimate of drug-likeness (QED) is 0.462. The maximum atomic E-state index is 6.06. The van der Waals surface area contributed by atoms with Gasteiger partial charge in [-0.3, -0.25) is 0 Å². The van der Waals surface area contributed by atoms with Gasteiger partial charge in [-0.2, -0.15) is 0 Å². The summed E-state index contributed by atoms with van der Waals surface area (Å²) in [5.41, 5.74) is 4.86. The molecule has 0 aliphatic rings. The first kappa shape index (κ1) is 19.6. The lowest BCUT2D eigenvalue weighted by Crippen LogP contribution is -1.98. The molecular formula is C24H24N2O4. The molecule has 6 nitrogen and oxygen atoms in total. The summed E-state index contributed by atoms with van der Waals surface area (Å²) in [5.74, 6) is 3.34. The number of rotatable bonds is 7. The zero-order chi connectivity index (χ0) is 21.1. The van der Waals surface area contributed by atoms with Crippen LogP contribution in [0.3, 0.4) is 0 Å². The fraction of sp³-hybridized carbons (Fsp3) is 0.208. The van der Waals surface area contributed by atoms with Gasteiger partial charge in [0.05, 0.1) is 32.4 Å². The SMILES string of the molecule is COc1cc2nc(-c3ccc(OC)c(OCc4ccc(C)cc4)c3)[nH]c2cc1OC. The normalized spacial score (nSPS) is 10.8. The third-order valence-electron chi connectivity index (χ3n) is 4.94. The molecule has 0 atom stereocenters. The van der Waals surface area contributed by atoms with Crippen molar-refractivity contribution in [1.82, 2.24) is 9.97 Å². The van der Waals surface area contributed by atoms with Gasteiger partial charge in [0.2, 0.25) is 0 Å². The van der Waals surface area contributed by atoms with Gasteiger partial charge in [0, 0.05) is 17.7 Å². The predicted octanol–water partition coefficient (Wildman–Crippen LogP) is 5.14. The zero-order valence-corrected chi connectivity index (χ0v) is 17.5. The van der Waals surface area contributed by atoms with Gasteiger partial charge >= 0.3 is 0 Å². The molecule has 4 aromatic rings. The van der Waals surface area contributed by atoms with E-state index in [1.165, 1.54) is 5.56 Å². The number of aromatic amines is 1. The van der Waals surface area contributed by atoms with Crippen molar-refractivity contribution in [3.63, 3.8) is 0 Å². The van der Waals surface area contributed by atoms with E-state index in [-0.39, 0.29) is 0 Å². The highest BCUT2D eigenvalue weighted by molar-refractivity contribution is 5.83. The molecule has 0 bridgehead atoms. The van der Waals surface area contributed by atoms with Crippen molar-refractivity contribution < 1.29 is 18.9 Å². The first-order valence-electron chi connectivity index (χ1n) is 9.59. The molecule has 1 heterocycles. The van der Waals surface area contributed by atoms with E-state index in [9.17, 15) is 0 Å². The number of nitrogens with one attached hydrogen (secondary N) is 1. The number of fused-ring (bicyclic) bond motifs is 1. The molecule has 0 unspecified atom stereocenters. The summed E-state index contributed by atoms with van der Waals surface area (Å²) in [6.45, 7) is 2.52. The summed E-state index contributed by atoms with van der Waals surface area (Å²) in [6.07, 6.45) is 0. The molecule has 1 aromatic heterocycles. The Labute approximate surface area is 175 Å². The van der Waals surface area contributed by atoms with Crippen LogP contribution in [0, 0.1) is 6.92 Å². The molecule has 0 fully saturated rings. The smallest absolute Gasteiger partial charge is 0.163 e. The molecule has 0 aliphatic carbocycles. The van der Waals surface area contributed by atoms with Crippen molar-refractivity contribution in [3.05, 3.63) is 65.7 Å². The standard InChI is InChI=1S/C24H24N2O4/c1-15-5-7-16(8-6-15)14-30-23-11-17(9-10-20(23)27-2)24-25-18-12-21(28-3)22(29-4)13-19(18)26-24/h5-13H,14H2,1-4H3,(H,25,26). The van der Waals surface area contributed by atoms with E-state index in [1.807, 2.05) is 30.3 Å². The minimum Gasteiger partial charge on any atom is -0.493 e. The average molecular weight is 404 g/mol. The predicted molar refractivity (Wildman–Crippen MR) is 117 cm³/mol. The second-order valence-electron chi connectivity index (χ2n) is 6.95. The summed E-state index contributed by atoms with van der Waals surface area (Å²) in [6, 6.07) is 17.8. The monoisotopic (exact) mass is 404 g/mol. The molecule has 0 saturated heterocycles. The van der Waals surface area contributed by atoms with E-state index in [2.05, 4.69) is 36.2 Å². The first-order chi connectivity index (χ1) is 14.6. The molecule has 0 amide bonds. The number of benzene rings is 3. The van der Waals surface area contributed by atoms with Crippen molar-refractivity contribution in [1.29, 1.82) is 0 Å². The molecule has 0 spiro atoms. The number of aryl methyl sites for hydroxylation is 1. The van der Waals surface area contributed by atoms with Crippen LogP contribution in [0.1, 0.15) is 11.1 Å². The van der Waals surface area contributed by atoms with Crippen molar-refractivity contribution >= 4 is 11.0 Å².